The van der Waals surface area contributed by atoms with Crippen molar-refractivity contribution in [3.8, 4) is 0 Å². The predicted octanol–water partition coefficient (Wildman–Crippen LogP) is 6.38. The van der Waals surface area contributed by atoms with Crippen molar-refractivity contribution >= 4 is 0 Å². The second kappa shape index (κ2) is 8.93. The number of ether oxygens (including phenoxy) is 1. The lowest BCUT2D eigenvalue weighted by Crippen LogP contribution is -2.33. The van der Waals surface area contributed by atoms with Gasteiger partial charge in [0.15, 0.2) is 0 Å². The number of hydrogen-bond acceptors (Lipinski definition) is 1. The van der Waals surface area contributed by atoms with Gasteiger partial charge in [-0.25, -0.2) is 13.2 Å². The van der Waals surface area contributed by atoms with Crippen LogP contribution in [0.4, 0.5) is 26.3 Å². The summed E-state index contributed by atoms with van der Waals surface area (Å²) in [7, 11) is 0. The molecule has 0 aromatic heterocycles. The van der Waals surface area contributed by atoms with Crippen molar-refractivity contribution in [2.45, 2.75) is 57.9 Å². The topological polar surface area (TPSA) is 9.23 Å². The van der Waals surface area contributed by atoms with E-state index in [1.165, 1.54) is 0 Å². The summed E-state index contributed by atoms with van der Waals surface area (Å²) in [4.78, 5) is 0. The minimum Gasteiger partial charge on any atom is -0.367 e. The van der Waals surface area contributed by atoms with E-state index < -0.39 is 30.1 Å². The fourth-order valence-electron chi connectivity index (χ4n) is 3.42. The van der Waals surface area contributed by atoms with Gasteiger partial charge in [-0.3, -0.25) is 0 Å². The van der Waals surface area contributed by atoms with E-state index in [0.29, 0.717) is 30.9 Å². The molecule has 0 amide bonds. The molecule has 1 fully saturated rings. The summed E-state index contributed by atoms with van der Waals surface area (Å²) in [5, 5.41) is 0. The molecule has 0 N–H and O–H groups in total. The molecule has 0 heterocycles. The second-order valence-electron chi connectivity index (χ2n) is 6.62. The number of benzene rings is 1. The van der Waals surface area contributed by atoms with Gasteiger partial charge in [0.25, 0.3) is 6.43 Å². The van der Waals surface area contributed by atoms with Gasteiger partial charge >= 0.3 is 6.18 Å². The maximum Gasteiger partial charge on any atom is 0.419 e. The molecule has 26 heavy (non-hydrogen) atoms. The molecule has 7 heteroatoms. The largest absolute Gasteiger partial charge is 0.419 e. The highest BCUT2D eigenvalue weighted by Gasteiger charge is 2.35. The molecule has 1 aliphatic carbocycles. The highest BCUT2D eigenvalue weighted by molar-refractivity contribution is 5.26. The Morgan fingerprint density at radius 1 is 1.15 bits per heavy atom. The van der Waals surface area contributed by atoms with Gasteiger partial charge in [0, 0.05) is 0 Å². The van der Waals surface area contributed by atoms with Crippen LogP contribution in [-0.2, 0) is 17.5 Å². The van der Waals surface area contributed by atoms with E-state index in [4.69, 9.17) is 4.74 Å². The summed E-state index contributed by atoms with van der Waals surface area (Å²) in [6, 6.07) is 2.35. The van der Waals surface area contributed by atoms with Crippen molar-refractivity contribution in [3.63, 3.8) is 0 Å². The van der Waals surface area contributed by atoms with E-state index >= 15 is 0 Å². The fourth-order valence-corrected chi connectivity index (χ4v) is 3.42. The summed E-state index contributed by atoms with van der Waals surface area (Å²) in [5.74, 6) is -1.35. The van der Waals surface area contributed by atoms with Crippen LogP contribution in [0, 0.1) is 17.7 Å². The third kappa shape index (κ3) is 5.50. The van der Waals surface area contributed by atoms with Gasteiger partial charge in [-0.15, -0.1) is 0 Å². The van der Waals surface area contributed by atoms with Crippen LogP contribution in [0.2, 0.25) is 0 Å². The molecule has 0 radical (unpaired) electrons. The van der Waals surface area contributed by atoms with E-state index in [9.17, 15) is 26.3 Å². The third-order valence-electron chi connectivity index (χ3n) is 4.78. The third-order valence-corrected chi connectivity index (χ3v) is 4.78. The monoisotopic (exact) mass is 380 g/mol. The standard InChI is InChI=1S/C19H22F6O/c1-2-3-12-4-7-14(8-5-12)17(18(21)22)26-11-13-6-9-15(16(20)10-13)19(23,24)25/h2-3,6,9-10,12,14,17-18H,4-5,7-8,11H2,1H3/b3-2+. The predicted molar refractivity (Wildman–Crippen MR) is 86.2 cm³/mol. The highest BCUT2D eigenvalue weighted by Crippen LogP contribution is 2.35. The molecule has 1 atom stereocenters. The van der Waals surface area contributed by atoms with Crippen LogP contribution in [0.1, 0.15) is 43.7 Å². The smallest absolute Gasteiger partial charge is 0.367 e. The minimum absolute atomic E-state index is 0.101. The Morgan fingerprint density at radius 3 is 2.31 bits per heavy atom. The number of hydrogen-bond donors (Lipinski definition) is 0. The maximum atomic E-state index is 13.6. The van der Waals surface area contributed by atoms with E-state index in [2.05, 4.69) is 6.08 Å². The Bertz CT molecular complexity index is 603. The first-order chi connectivity index (χ1) is 12.2. The zero-order valence-electron chi connectivity index (χ0n) is 14.4. The van der Waals surface area contributed by atoms with Gasteiger partial charge < -0.3 is 4.74 Å². The van der Waals surface area contributed by atoms with Crippen molar-refractivity contribution in [1.82, 2.24) is 0 Å². The zero-order chi connectivity index (χ0) is 19.3. The molecule has 1 aliphatic rings. The molecule has 0 saturated heterocycles. The molecule has 2 rings (SSSR count). The van der Waals surface area contributed by atoms with Crippen LogP contribution in [0.3, 0.4) is 0 Å². The lowest BCUT2D eigenvalue weighted by molar-refractivity contribution is -0.140. The first kappa shape index (κ1) is 20.8. The minimum atomic E-state index is -4.79. The Morgan fingerprint density at radius 2 is 1.81 bits per heavy atom. The molecule has 1 saturated carbocycles. The number of halogens is 6. The molecule has 1 aromatic rings. The average Bonchev–Trinajstić information content (AvgIpc) is 2.55. The van der Waals surface area contributed by atoms with Gasteiger partial charge in [0.05, 0.1) is 12.2 Å². The van der Waals surface area contributed by atoms with E-state index in [1.54, 1.807) is 0 Å². The molecule has 1 unspecified atom stereocenters. The van der Waals surface area contributed by atoms with Gasteiger partial charge in [0.1, 0.15) is 11.9 Å². The van der Waals surface area contributed by atoms with Crippen molar-refractivity contribution in [2.24, 2.45) is 11.8 Å². The van der Waals surface area contributed by atoms with Gasteiger partial charge in [-0.2, -0.15) is 13.2 Å². The lowest BCUT2D eigenvalue weighted by atomic mass is 9.79. The number of allylic oxidation sites excluding steroid dienone is 2. The molecule has 0 bridgehead atoms. The van der Waals surface area contributed by atoms with Gasteiger partial charge in [0.2, 0.25) is 0 Å². The second-order valence-corrected chi connectivity index (χ2v) is 6.62. The Hall–Kier alpha value is -1.50. The zero-order valence-corrected chi connectivity index (χ0v) is 14.4. The van der Waals surface area contributed by atoms with Gasteiger partial charge in [-0.1, -0.05) is 18.2 Å². The maximum absolute atomic E-state index is 13.6. The summed E-state index contributed by atoms with van der Waals surface area (Å²) >= 11 is 0. The Balaban J connectivity index is 1.98. The molecular formula is C19H22F6O. The normalized spacial score (nSPS) is 22.9. The van der Waals surface area contributed by atoms with Crippen molar-refractivity contribution in [3.05, 3.63) is 47.3 Å². The lowest BCUT2D eigenvalue weighted by Gasteiger charge is -2.32. The highest BCUT2D eigenvalue weighted by atomic mass is 19.4. The van der Waals surface area contributed by atoms with Crippen LogP contribution in [-0.4, -0.2) is 12.5 Å². The van der Waals surface area contributed by atoms with Crippen LogP contribution in [0.25, 0.3) is 0 Å². The first-order valence-electron chi connectivity index (χ1n) is 8.60. The summed E-state index contributed by atoms with van der Waals surface area (Å²) in [6.45, 7) is 1.57. The number of alkyl halides is 5. The van der Waals surface area contributed by atoms with Gasteiger partial charge in [-0.05, 0) is 62.1 Å². The van der Waals surface area contributed by atoms with Crippen molar-refractivity contribution in [1.29, 1.82) is 0 Å². The Kier molecular flexibility index (Phi) is 7.15. The molecule has 0 spiro atoms. The van der Waals surface area contributed by atoms with Crippen LogP contribution >= 0.6 is 0 Å². The molecular weight excluding hydrogens is 358 g/mol. The average molecular weight is 380 g/mol. The molecule has 1 aromatic carbocycles. The SMILES string of the molecule is C/C=C/C1CCC(C(OCc2ccc(C(F)(F)F)c(F)c2)C(F)F)CC1. The van der Waals surface area contributed by atoms with E-state index in [0.717, 1.165) is 18.9 Å². The Labute approximate surface area is 149 Å². The molecule has 146 valence electrons. The molecule has 0 aliphatic heterocycles. The quantitative estimate of drug-likeness (QED) is 0.411. The van der Waals surface area contributed by atoms with Crippen LogP contribution in [0.15, 0.2) is 30.4 Å². The van der Waals surface area contributed by atoms with Crippen molar-refractivity contribution in [2.75, 3.05) is 0 Å². The van der Waals surface area contributed by atoms with Crippen LogP contribution in [0.5, 0.6) is 0 Å². The number of rotatable bonds is 6. The van der Waals surface area contributed by atoms with Crippen molar-refractivity contribution < 1.29 is 31.1 Å². The fraction of sp³-hybridized carbons (Fsp3) is 0.579. The summed E-state index contributed by atoms with van der Waals surface area (Å²) in [5.41, 5.74) is -1.28. The van der Waals surface area contributed by atoms with Crippen LogP contribution < -0.4 is 0 Å². The van der Waals surface area contributed by atoms with E-state index in [1.807, 2.05) is 13.0 Å². The summed E-state index contributed by atoms with van der Waals surface area (Å²) < 4.78 is 83.3. The van der Waals surface area contributed by atoms with E-state index in [-0.39, 0.29) is 18.1 Å². The first-order valence-corrected chi connectivity index (χ1v) is 8.60. The molecule has 1 nitrogen and oxygen atoms in total. The summed E-state index contributed by atoms with van der Waals surface area (Å²) in [6.07, 6.45) is -1.96.